The van der Waals surface area contributed by atoms with Crippen LogP contribution >= 0.6 is 23.1 Å². The Balaban J connectivity index is 1.77. The number of aromatic nitrogens is 1. The summed E-state index contributed by atoms with van der Waals surface area (Å²) in [5, 5.41) is 7.49. The van der Waals surface area contributed by atoms with Gasteiger partial charge in [-0.3, -0.25) is 0 Å². The molecule has 0 bridgehead atoms. The molecular formula is C11H18N2S2. The molecule has 1 N–H and O–H groups in total. The Morgan fingerprint density at radius 2 is 2.33 bits per heavy atom. The maximum atomic E-state index is 4.60. The molecule has 2 nitrogen and oxygen atoms in total. The third-order valence-electron chi connectivity index (χ3n) is 2.70. The lowest BCUT2D eigenvalue weighted by molar-refractivity contribution is 0.794. The molecule has 0 amide bonds. The summed E-state index contributed by atoms with van der Waals surface area (Å²) in [7, 11) is 1.96. The Bertz CT molecular complexity index is 293. The fourth-order valence-electron chi connectivity index (χ4n) is 1.92. The van der Waals surface area contributed by atoms with Crippen molar-refractivity contribution in [2.24, 2.45) is 0 Å². The number of thiazole rings is 1. The van der Waals surface area contributed by atoms with Crippen molar-refractivity contribution in [2.75, 3.05) is 7.05 Å². The molecule has 4 heteroatoms. The number of hydrogen-bond acceptors (Lipinski definition) is 4. The highest BCUT2D eigenvalue weighted by Crippen LogP contribution is 2.32. The first-order valence-corrected chi connectivity index (χ1v) is 7.51. The van der Waals surface area contributed by atoms with Gasteiger partial charge in [0.15, 0.2) is 0 Å². The third kappa shape index (κ3) is 3.47. The van der Waals surface area contributed by atoms with E-state index < -0.39 is 0 Å². The molecule has 15 heavy (non-hydrogen) atoms. The van der Waals surface area contributed by atoms with Crippen molar-refractivity contribution in [1.82, 2.24) is 10.3 Å². The van der Waals surface area contributed by atoms with Gasteiger partial charge in [-0.05, 0) is 19.9 Å². The standard InChI is InChI=1S/C11H18N2S2/c1-12-6-9-7-15-11(13-9)8-14-10-4-2-3-5-10/h7,10,12H,2-6,8H2,1H3. The molecule has 0 aromatic carbocycles. The maximum Gasteiger partial charge on any atom is 0.103 e. The summed E-state index contributed by atoms with van der Waals surface area (Å²) >= 11 is 3.90. The highest BCUT2D eigenvalue weighted by atomic mass is 32.2. The minimum atomic E-state index is 0.893. The van der Waals surface area contributed by atoms with Crippen LogP contribution in [-0.4, -0.2) is 17.3 Å². The first-order chi connectivity index (χ1) is 7.38. The van der Waals surface area contributed by atoms with E-state index in [0.29, 0.717) is 0 Å². The molecule has 1 aliphatic carbocycles. The van der Waals surface area contributed by atoms with Gasteiger partial charge in [-0.1, -0.05) is 12.8 Å². The topological polar surface area (TPSA) is 24.9 Å². The van der Waals surface area contributed by atoms with Gasteiger partial charge in [-0.25, -0.2) is 4.98 Å². The van der Waals surface area contributed by atoms with Crippen molar-refractivity contribution in [3.8, 4) is 0 Å². The van der Waals surface area contributed by atoms with E-state index in [4.69, 9.17) is 0 Å². The largest absolute Gasteiger partial charge is 0.314 e. The predicted octanol–water partition coefficient (Wildman–Crippen LogP) is 3.04. The fourth-order valence-corrected chi connectivity index (χ4v) is 4.09. The van der Waals surface area contributed by atoms with Gasteiger partial charge in [0.25, 0.3) is 0 Å². The summed E-state index contributed by atoms with van der Waals surface area (Å²) in [6.45, 7) is 0.893. The van der Waals surface area contributed by atoms with Gasteiger partial charge < -0.3 is 5.32 Å². The van der Waals surface area contributed by atoms with Gasteiger partial charge in [0.1, 0.15) is 5.01 Å². The zero-order valence-electron chi connectivity index (χ0n) is 9.16. The number of nitrogens with one attached hydrogen (secondary N) is 1. The molecule has 1 aromatic heterocycles. The third-order valence-corrected chi connectivity index (χ3v) is 5.17. The second-order valence-corrected chi connectivity index (χ2v) is 6.21. The average molecular weight is 242 g/mol. The summed E-state index contributed by atoms with van der Waals surface area (Å²) in [5.74, 6) is 1.11. The van der Waals surface area contributed by atoms with Gasteiger partial charge in [-0.2, -0.15) is 11.8 Å². The van der Waals surface area contributed by atoms with Crippen molar-refractivity contribution in [3.63, 3.8) is 0 Å². The molecule has 0 spiro atoms. The van der Waals surface area contributed by atoms with Crippen molar-refractivity contribution in [3.05, 3.63) is 16.1 Å². The Hall–Kier alpha value is -0.0600. The van der Waals surface area contributed by atoms with E-state index in [-0.39, 0.29) is 0 Å². The zero-order chi connectivity index (χ0) is 10.5. The van der Waals surface area contributed by atoms with Gasteiger partial charge >= 0.3 is 0 Å². The second-order valence-electron chi connectivity index (χ2n) is 3.98. The fraction of sp³-hybridized carbons (Fsp3) is 0.727. The van der Waals surface area contributed by atoms with Crippen LogP contribution in [0.4, 0.5) is 0 Å². The summed E-state index contributed by atoms with van der Waals surface area (Å²) in [5.41, 5.74) is 1.18. The molecule has 1 aromatic rings. The SMILES string of the molecule is CNCc1csc(CSC2CCCC2)n1. The summed E-state index contributed by atoms with van der Waals surface area (Å²) in [6.07, 6.45) is 5.69. The highest BCUT2D eigenvalue weighted by Gasteiger charge is 2.15. The molecular weight excluding hydrogens is 224 g/mol. The number of nitrogens with zero attached hydrogens (tertiary/aromatic N) is 1. The average Bonchev–Trinajstić information content (AvgIpc) is 2.85. The summed E-state index contributed by atoms with van der Waals surface area (Å²) < 4.78 is 0. The Labute approximate surface area is 99.9 Å². The smallest absolute Gasteiger partial charge is 0.103 e. The maximum absolute atomic E-state index is 4.60. The van der Waals surface area contributed by atoms with E-state index in [9.17, 15) is 0 Å². The van der Waals surface area contributed by atoms with Crippen LogP contribution in [0.1, 0.15) is 36.4 Å². The number of thioether (sulfide) groups is 1. The summed E-state index contributed by atoms with van der Waals surface area (Å²) in [4.78, 5) is 4.60. The van der Waals surface area contributed by atoms with Crippen LogP contribution in [0.25, 0.3) is 0 Å². The molecule has 84 valence electrons. The second kappa shape index (κ2) is 5.87. The predicted molar refractivity (Wildman–Crippen MR) is 68.4 cm³/mol. The van der Waals surface area contributed by atoms with Crippen LogP contribution < -0.4 is 5.32 Å². The van der Waals surface area contributed by atoms with E-state index in [2.05, 4.69) is 27.4 Å². The molecule has 1 fully saturated rings. The first kappa shape index (κ1) is 11.4. The van der Waals surface area contributed by atoms with Gasteiger partial charge in [0, 0.05) is 22.9 Å². The van der Waals surface area contributed by atoms with Crippen LogP contribution in [-0.2, 0) is 12.3 Å². The normalized spacial score (nSPS) is 17.4. The van der Waals surface area contributed by atoms with E-state index in [1.54, 1.807) is 11.3 Å². The van der Waals surface area contributed by atoms with Crippen LogP contribution in [0.15, 0.2) is 5.38 Å². The summed E-state index contributed by atoms with van der Waals surface area (Å²) in [6, 6.07) is 0. The van der Waals surface area contributed by atoms with Crippen LogP contribution in [0, 0.1) is 0 Å². The van der Waals surface area contributed by atoms with Gasteiger partial charge in [0.05, 0.1) is 5.69 Å². The van der Waals surface area contributed by atoms with Crippen molar-refractivity contribution in [2.45, 2.75) is 43.2 Å². The number of hydrogen-bond donors (Lipinski definition) is 1. The van der Waals surface area contributed by atoms with E-state index in [1.165, 1.54) is 36.4 Å². The van der Waals surface area contributed by atoms with E-state index in [1.807, 2.05) is 7.05 Å². The Kier molecular flexibility index (Phi) is 4.47. The molecule has 0 saturated heterocycles. The lowest BCUT2D eigenvalue weighted by Gasteiger charge is -2.05. The minimum absolute atomic E-state index is 0.893. The quantitative estimate of drug-likeness (QED) is 0.859. The Morgan fingerprint density at radius 3 is 3.07 bits per heavy atom. The van der Waals surface area contributed by atoms with Crippen molar-refractivity contribution in [1.29, 1.82) is 0 Å². The van der Waals surface area contributed by atoms with Crippen LogP contribution in [0.2, 0.25) is 0 Å². The lowest BCUT2D eigenvalue weighted by Crippen LogP contribution is -2.05. The Morgan fingerprint density at radius 1 is 1.53 bits per heavy atom. The minimum Gasteiger partial charge on any atom is -0.314 e. The highest BCUT2D eigenvalue weighted by molar-refractivity contribution is 7.99. The van der Waals surface area contributed by atoms with E-state index in [0.717, 1.165) is 17.5 Å². The molecule has 0 atom stereocenters. The van der Waals surface area contributed by atoms with Gasteiger partial charge in [0.2, 0.25) is 0 Å². The molecule has 0 unspecified atom stereocenters. The van der Waals surface area contributed by atoms with Crippen LogP contribution in [0.5, 0.6) is 0 Å². The molecule has 1 heterocycles. The molecule has 2 rings (SSSR count). The molecule has 0 aliphatic heterocycles. The van der Waals surface area contributed by atoms with E-state index >= 15 is 0 Å². The molecule has 1 aliphatic rings. The first-order valence-electron chi connectivity index (χ1n) is 5.58. The van der Waals surface area contributed by atoms with Crippen molar-refractivity contribution >= 4 is 23.1 Å². The molecule has 1 saturated carbocycles. The number of rotatable bonds is 5. The monoisotopic (exact) mass is 242 g/mol. The lowest BCUT2D eigenvalue weighted by atomic mass is 10.4. The van der Waals surface area contributed by atoms with Crippen LogP contribution in [0.3, 0.4) is 0 Å². The molecule has 0 radical (unpaired) electrons. The zero-order valence-corrected chi connectivity index (χ0v) is 10.8. The van der Waals surface area contributed by atoms with Gasteiger partial charge in [-0.15, -0.1) is 11.3 Å². The van der Waals surface area contributed by atoms with Crippen molar-refractivity contribution < 1.29 is 0 Å².